The van der Waals surface area contributed by atoms with Crippen molar-refractivity contribution in [2.45, 2.75) is 32.8 Å². The molecule has 0 aliphatic carbocycles. The van der Waals surface area contributed by atoms with E-state index in [0.717, 1.165) is 11.1 Å². The highest BCUT2D eigenvalue weighted by molar-refractivity contribution is 6.02. The number of aromatic nitrogens is 1. The summed E-state index contributed by atoms with van der Waals surface area (Å²) in [6.07, 6.45) is 1.60. The number of fused-ring (bicyclic) bond motifs is 1. The molecule has 24 heavy (non-hydrogen) atoms. The van der Waals surface area contributed by atoms with Crippen LogP contribution in [-0.4, -0.2) is 23.2 Å². The molecule has 1 amide bonds. The number of nitrogens with one attached hydrogen (secondary N) is 2. The predicted molar refractivity (Wildman–Crippen MR) is 94.9 cm³/mol. The van der Waals surface area contributed by atoms with E-state index in [9.17, 15) is 4.79 Å². The van der Waals surface area contributed by atoms with Gasteiger partial charge in [0.2, 0.25) is 5.91 Å². The number of benzene rings is 1. The van der Waals surface area contributed by atoms with Gasteiger partial charge in [0, 0.05) is 28.9 Å². The molecule has 1 aromatic carbocycles. The highest BCUT2D eigenvalue weighted by atomic mass is 16.1. The molecular weight excluding hydrogens is 300 g/mol. The molecule has 2 N–H and O–H groups in total. The molecule has 0 unspecified atom stereocenters. The first kappa shape index (κ1) is 11.0. The quantitative estimate of drug-likeness (QED) is 0.886. The van der Waals surface area contributed by atoms with Crippen LogP contribution in [0, 0.1) is 0 Å². The Balaban J connectivity index is 1.70. The molecule has 2 heterocycles. The summed E-state index contributed by atoms with van der Waals surface area (Å²) in [5.41, 5.74) is 2.92. The normalized spacial score (nSPS) is 19.9. The molecule has 3 rings (SSSR count). The number of rotatable bonds is 5. The Bertz CT molecular complexity index is 928. The SMILES string of the molecule is [2H]C([2H])([2H])C([2H])([2H])N=C1NCc2cc(CC(=O)N[C@H](C)c3ccccc3)ncc21. The van der Waals surface area contributed by atoms with Crippen LogP contribution in [-0.2, 0) is 17.8 Å². The van der Waals surface area contributed by atoms with E-state index in [1.165, 1.54) is 6.20 Å². The lowest BCUT2D eigenvalue weighted by Crippen LogP contribution is -2.28. The predicted octanol–water partition coefficient (Wildman–Crippen LogP) is 2.37. The largest absolute Gasteiger partial charge is 0.366 e. The second-order valence-electron chi connectivity index (χ2n) is 5.64. The molecule has 0 radical (unpaired) electrons. The van der Waals surface area contributed by atoms with E-state index in [-0.39, 0.29) is 24.2 Å². The monoisotopic (exact) mass is 327 g/mol. The molecule has 5 heteroatoms. The van der Waals surface area contributed by atoms with Crippen molar-refractivity contribution >= 4 is 11.7 Å². The van der Waals surface area contributed by atoms with Crippen molar-refractivity contribution in [1.29, 1.82) is 0 Å². The van der Waals surface area contributed by atoms with Gasteiger partial charge in [0.05, 0.1) is 20.9 Å². The highest BCUT2D eigenvalue weighted by Gasteiger charge is 2.18. The summed E-state index contributed by atoms with van der Waals surface area (Å²) in [5.74, 6) is -0.00490. The molecule has 1 aliphatic rings. The highest BCUT2D eigenvalue weighted by Crippen LogP contribution is 2.17. The van der Waals surface area contributed by atoms with Crippen LogP contribution < -0.4 is 10.6 Å². The van der Waals surface area contributed by atoms with E-state index in [0.29, 0.717) is 17.8 Å². The van der Waals surface area contributed by atoms with Crippen LogP contribution in [0.25, 0.3) is 0 Å². The van der Waals surface area contributed by atoms with Gasteiger partial charge in [-0.3, -0.25) is 14.8 Å². The van der Waals surface area contributed by atoms with Crippen molar-refractivity contribution in [3.05, 3.63) is 65.0 Å². The maximum absolute atomic E-state index is 12.4. The Kier molecular flexibility index (Phi) is 3.32. The van der Waals surface area contributed by atoms with Crippen molar-refractivity contribution in [2.75, 3.05) is 6.50 Å². The maximum Gasteiger partial charge on any atom is 0.226 e. The van der Waals surface area contributed by atoms with Gasteiger partial charge in [-0.2, -0.15) is 0 Å². The lowest BCUT2D eigenvalue weighted by Gasteiger charge is -2.14. The number of nitrogens with zero attached hydrogens (tertiary/aromatic N) is 2. The minimum Gasteiger partial charge on any atom is -0.366 e. The molecule has 0 saturated heterocycles. The zero-order valence-electron chi connectivity index (χ0n) is 18.3. The minimum absolute atomic E-state index is 0.104. The number of hydrogen-bond donors (Lipinski definition) is 2. The summed E-state index contributed by atoms with van der Waals surface area (Å²) in [5, 5.41) is 5.84. The number of hydrogen-bond acceptors (Lipinski definition) is 3. The Hall–Kier alpha value is -2.69. The average molecular weight is 327 g/mol. The molecule has 0 saturated carbocycles. The fraction of sp³-hybridized carbons (Fsp3) is 0.316. The number of carbonyl (C=O) groups excluding carboxylic acids is 1. The lowest BCUT2D eigenvalue weighted by atomic mass is 10.1. The van der Waals surface area contributed by atoms with Gasteiger partial charge in [-0.1, -0.05) is 30.3 Å². The molecule has 5 nitrogen and oxygen atoms in total. The van der Waals surface area contributed by atoms with Crippen molar-refractivity contribution in [2.24, 2.45) is 4.99 Å². The Morgan fingerprint density at radius 1 is 1.50 bits per heavy atom. The summed E-state index contributed by atoms with van der Waals surface area (Å²) >= 11 is 0. The molecule has 0 bridgehead atoms. The van der Waals surface area contributed by atoms with Crippen LogP contribution in [0.3, 0.4) is 0 Å². The molecule has 2 aromatic rings. The standard InChI is InChI=1S/C19H22N4O/c1-3-20-19-17-12-21-16(9-15(17)11-22-19)10-18(24)23-13(2)14-7-5-4-6-8-14/h4-9,12-13H,3,10-11H2,1-2H3,(H,20,22)(H,23,24)/t13-/m1/s1/i1D3,3D2. The van der Waals surface area contributed by atoms with Crippen LogP contribution in [0.4, 0.5) is 0 Å². The maximum atomic E-state index is 12.4. The van der Waals surface area contributed by atoms with Crippen molar-refractivity contribution < 1.29 is 11.6 Å². The first-order valence-corrected chi connectivity index (χ1v) is 7.73. The van der Waals surface area contributed by atoms with Crippen LogP contribution in [0.2, 0.25) is 0 Å². The number of amidine groups is 1. The third-order valence-corrected chi connectivity index (χ3v) is 3.93. The van der Waals surface area contributed by atoms with Gasteiger partial charge >= 0.3 is 0 Å². The van der Waals surface area contributed by atoms with E-state index in [2.05, 4.69) is 20.6 Å². The minimum atomic E-state index is -2.87. The van der Waals surface area contributed by atoms with E-state index < -0.39 is 13.3 Å². The smallest absolute Gasteiger partial charge is 0.226 e. The van der Waals surface area contributed by atoms with Crippen LogP contribution in [0.15, 0.2) is 47.6 Å². The molecule has 1 atom stereocenters. The van der Waals surface area contributed by atoms with Crippen LogP contribution in [0.5, 0.6) is 0 Å². The zero-order valence-corrected chi connectivity index (χ0v) is 13.3. The fourth-order valence-corrected chi connectivity index (χ4v) is 2.71. The van der Waals surface area contributed by atoms with Crippen molar-refractivity contribution in [3.63, 3.8) is 0 Å². The van der Waals surface area contributed by atoms with E-state index in [4.69, 9.17) is 6.85 Å². The molecule has 124 valence electrons. The van der Waals surface area contributed by atoms with E-state index in [1.54, 1.807) is 6.07 Å². The van der Waals surface area contributed by atoms with Crippen LogP contribution >= 0.6 is 0 Å². The van der Waals surface area contributed by atoms with Crippen LogP contribution in [0.1, 0.15) is 49.1 Å². The van der Waals surface area contributed by atoms with Gasteiger partial charge in [0.25, 0.3) is 0 Å². The van der Waals surface area contributed by atoms with Gasteiger partial charge in [0.1, 0.15) is 5.84 Å². The Morgan fingerprint density at radius 3 is 3.12 bits per heavy atom. The topological polar surface area (TPSA) is 66.4 Å². The third kappa shape index (κ3) is 3.62. The third-order valence-electron chi connectivity index (χ3n) is 3.93. The van der Waals surface area contributed by atoms with Gasteiger partial charge in [-0.25, -0.2) is 0 Å². The molecule has 1 aromatic heterocycles. The second kappa shape index (κ2) is 7.25. The number of carbonyl (C=O) groups is 1. The number of amides is 1. The van der Waals surface area contributed by atoms with Gasteiger partial charge in [-0.05, 0) is 31.0 Å². The molecular formula is C19H22N4O. The summed E-state index contributed by atoms with van der Waals surface area (Å²) in [6.45, 7) is -3.30. The van der Waals surface area contributed by atoms with Gasteiger partial charge in [0.15, 0.2) is 0 Å². The lowest BCUT2D eigenvalue weighted by molar-refractivity contribution is -0.121. The zero-order chi connectivity index (χ0) is 21.2. The second-order valence-corrected chi connectivity index (χ2v) is 5.64. The summed E-state index contributed by atoms with van der Waals surface area (Å²) in [4.78, 5) is 20.4. The average Bonchev–Trinajstić information content (AvgIpc) is 3.03. The van der Waals surface area contributed by atoms with Gasteiger partial charge < -0.3 is 10.6 Å². The summed E-state index contributed by atoms with van der Waals surface area (Å²) in [7, 11) is 0. The first-order valence-electron chi connectivity index (χ1n) is 10.2. The number of pyridine rings is 1. The van der Waals surface area contributed by atoms with Crippen molar-refractivity contribution in [1.82, 2.24) is 15.6 Å². The fourth-order valence-electron chi connectivity index (χ4n) is 2.71. The number of aliphatic imine (C=N–C) groups is 1. The first-order chi connectivity index (χ1) is 13.6. The Morgan fingerprint density at radius 2 is 2.33 bits per heavy atom. The van der Waals surface area contributed by atoms with Gasteiger partial charge in [-0.15, -0.1) is 0 Å². The molecule has 0 spiro atoms. The van der Waals surface area contributed by atoms with Crippen molar-refractivity contribution in [3.8, 4) is 0 Å². The molecule has 1 aliphatic heterocycles. The summed E-state index contributed by atoms with van der Waals surface area (Å²) in [6, 6.07) is 11.3. The van der Waals surface area contributed by atoms with E-state index >= 15 is 0 Å². The van der Waals surface area contributed by atoms with E-state index in [1.807, 2.05) is 37.3 Å². The molecule has 0 fully saturated rings. The summed E-state index contributed by atoms with van der Waals surface area (Å²) < 4.78 is 37.1. The Labute approximate surface area is 149 Å².